The second kappa shape index (κ2) is 5.38. The lowest BCUT2D eigenvalue weighted by atomic mass is 10.0. The van der Waals surface area contributed by atoms with Gasteiger partial charge in [0.2, 0.25) is 0 Å². The number of rotatable bonds is 2. The van der Waals surface area contributed by atoms with Gasteiger partial charge in [-0.05, 0) is 46.2 Å². The number of hydrogen-bond donors (Lipinski definition) is 0. The summed E-state index contributed by atoms with van der Waals surface area (Å²) in [4.78, 5) is 3.97. The lowest BCUT2D eigenvalue weighted by Crippen LogP contribution is -1.83. The van der Waals surface area contributed by atoms with Gasteiger partial charge in [-0.15, -0.1) is 0 Å². The quantitative estimate of drug-likeness (QED) is 0.641. The molecule has 0 bridgehead atoms. The van der Waals surface area contributed by atoms with Crippen LogP contribution in [0.1, 0.15) is 11.1 Å². The van der Waals surface area contributed by atoms with Crippen molar-refractivity contribution in [3.63, 3.8) is 0 Å². The van der Waals surface area contributed by atoms with Gasteiger partial charge in [0.05, 0.1) is 11.6 Å². The first-order chi connectivity index (χ1) is 9.86. The molecule has 2 heteroatoms. The van der Waals surface area contributed by atoms with Crippen LogP contribution in [0.5, 0.6) is 0 Å². The molecule has 0 radical (unpaired) electrons. The Kier molecular flexibility index (Phi) is 3.26. The number of nitriles is 1. The predicted octanol–water partition coefficient (Wildman–Crippen LogP) is 4.30. The number of allylic oxidation sites excluding steroid dienone is 1. The van der Waals surface area contributed by atoms with Crippen molar-refractivity contribution >= 4 is 22.4 Å². The Labute approximate surface area is 117 Å². The molecule has 0 aliphatic carbocycles. The molecule has 2 aromatic carbocycles. The molecular weight excluding hydrogens is 244 g/mol. The van der Waals surface area contributed by atoms with Crippen LogP contribution in [0, 0.1) is 11.3 Å². The van der Waals surface area contributed by atoms with Crippen molar-refractivity contribution in [2.24, 2.45) is 0 Å². The summed E-state index contributed by atoms with van der Waals surface area (Å²) >= 11 is 0. The van der Waals surface area contributed by atoms with Crippen molar-refractivity contribution in [2.75, 3.05) is 0 Å². The highest BCUT2D eigenvalue weighted by atomic mass is 14.6. The molecule has 0 saturated carbocycles. The summed E-state index contributed by atoms with van der Waals surface area (Å²) in [6.07, 6.45) is 5.30. The fourth-order valence-electron chi connectivity index (χ4n) is 2.18. The van der Waals surface area contributed by atoms with E-state index in [4.69, 9.17) is 0 Å². The van der Waals surface area contributed by atoms with Gasteiger partial charge in [0, 0.05) is 12.4 Å². The minimum atomic E-state index is 0.641. The third-order valence-corrected chi connectivity index (χ3v) is 3.20. The molecule has 0 fully saturated rings. The molecule has 0 saturated heterocycles. The van der Waals surface area contributed by atoms with Crippen LogP contribution in [0.2, 0.25) is 0 Å². The topological polar surface area (TPSA) is 36.7 Å². The third-order valence-electron chi connectivity index (χ3n) is 3.20. The van der Waals surface area contributed by atoms with Crippen molar-refractivity contribution in [3.05, 3.63) is 78.1 Å². The van der Waals surface area contributed by atoms with Gasteiger partial charge >= 0.3 is 0 Å². The van der Waals surface area contributed by atoms with Crippen LogP contribution in [-0.4, -0.2) is 4.98 Å². The zero-order valence-electron chi connectivity index (χ0n) is 10.8. The summed E-state index contributed by atoms with van der Waals surface area (Å²) < 4.78 is 0. The number of fused-ring (bicyclic) bond motifs is 1. The van der Waals surface area contributed by atoms with Gasteiger partial charge in [-0.2, -0.15) is 5.26 Å². The van der Waals surface area contributed by atoms with E-state index >= 15 is 0 Å². The summed E-state index contributed by atoms with van der Waals surface area (Å²) in [6, 6.07) is 20.3. The Morgan fingerprint density at radius 2 is 1.70 bits per heavy atom. The largest absolute Gasteiger partial charge is 0.265 e. The van der Waals surface area contributed by atoms with E-state index in [0.717, 1.165) is 11.1 Å². The molecule has 3 rings (SSSR count). The van der Waals surface area contributed by atoms with Gasteiger partial charge < -0.3 is 0 Å². The molecule has 0 unspecified atom stereocenters. The van der Waals surface area contributed by atoms with Crippen LogP contribution >= 0.6 is 0 Å². The van der Waals surface area contributed by atoms with Crippen LogP contribution in [0.4, 0.5) is 0 Å². The minimum absolute atomic E-state index is 0.641. The summed E-state index contributed by atoms with van der Waals surface area (Å²) in [5.41, 5.74) is 2.55. The van der Waals surface area contributed by atoms with E-state index in [1.165, 1.54) is 10.8 Å². The van der Waals surface area contributed by atoms with E-state index in [0.29, 0.717) is 5.57 Å². The first kappa shape index (κ1) is 12.1. The number of pyridine rings is 1. The first-order valence-corrected chi connectivity index (χ1v) is 6.38. The maximum atomic E-state index is 9.32. The van der Waals surface area contributed by atoms with Crippen molar-refractivity contribution in [2.45, 2.75) is 0 Å². The van der Waals surface area contributed by atoms with E-state index in [-0.39, 0.29) is 0 Å². The fourth-order valence-corrected chi connectivity index (χ4v) is 2.18. The van der Waals surface area contributed by atoms with Crippen molar-refractivity contribution < 1.29 is 0 Å². The maximum absolute atomic E-state index is 9.32. The van der Waals surface area contributed by atoms with E-state index in [1.54, 1.807) is 12.4 Å². The second-order valence-electron chi connectivity index (χ2n) is 4.51. The Hall–Kier alpha value is -2.92. The molecule has 0 aliphatic heterocycles. The van der Waals surface area contributed by atoms with Gasteiger partial charge in [0.25, 0.3) is 0 Å². The normalized spacial score (nSPS) is 11.2. The second-order valence-corrected chi connectivity index (χ2v) is 4.51. The van der Waals surface area contributed by atoms with Gasteiger partial charge in [-0.1, -0.05) is 36.4 Å². The first-order valence-electron chi connectivity index (χ1n) is 6.38. The van der Waals surface area contributed by atoms with Crippen molar-refractivity contribution in [3.8, 4) is 6.07 Å². The van der Waals surface area contributed by atoms with E-state index in [9.17, 15) is 5.26 Å². The van der Waals surface area contributed by atoms with Crippen LogP contribution in [-0.2, 0) is 0 Å². The molecule has 0 spiro atoms. The molecule has 2 nitrogen and oxygen atoms in total. The average molecular weight is 256 g/mol. The zero-order chi connectivity index (χ0) is 13.8. The summed E-state index contributed by atoms with van der Waals surface area (Å²) in [5, 5.41) is 11.7. The minimum Gasteiger partial charge on any atom is -0.265 e. The number of nitrogens with zero attached hydrogens (tertiary/aromatic N) is 2. The fraction of sp³-hybridized carbons (Fsp3) is 0. The van der Waals surface area contributed by atoms with Crippen LogP contribution in [0.3, 0.4) is 0 Å². The van der Waals surface area contributed by atoms with Gasteiger partial charge in [-0.3, -0.25) is 4.98 Å². The average Bonchev–Trinajstić information content (AvgIpc) is 2.53. The van der Waals surface area contributed by atoms with Gasteiger partial charge in [0.15, 0.2) is 0 Å². The van der Waals surface area contributed by atoms with Crippen molar-refractivity contribution in [1.29, 1.82) is 5.26 Å². The number of aromatic nitrogens is 1. The Morgan fingerprint density at radius 3 is 2.45 bits per heavy atom. The molecule has 0 N–H and O–H groups in total. The predicted molar refractivity (Wildman–Crippen MR) is 81.7 cm³/mol. The van der Waals surface area contributed by atoms with E-state index in [2.05, 4.69) is 35.3 Å². The number of hydrogen-bond acceptors (Lipinski definition) is 2. The smallest absolute Gasteiger partial charge is 0.0998 e. The standard InChI is InChI=1S/C18H12N2/c19-13-18(16-7-9-20-10-8-16)12-14-5-6-15-3-1-2-4-17(15)11-14/h1-12H. The molecule has 1 aromatic heterocycles. The van der Waals surface area contributed by atoms with Gasteiger partial charge in [-0.25, -0.2) is 0 Å². The molecule has 3 aromatic rings. The van der Waals surface area contributed by atoms with Crippen LogP contribution in [0.15, 0.2) is 67.0 Å². The van der Waals surface area contributed by atoms with E-state index < -0.39 is 0 Å². The highest BCUT2D eigenvalue weighted by molar-refractivity contribution is 5.92. The molecule has 20 heavy (non-hydrogen) atoms. The lowest BCUT2D eigenvalue weighted by molar-refractivity contribution is 1.32. The Balaban J connectivity index is 2.06. The lowest BCUT2D eigenvalue weighted by Gasteiger charge is -2.01. The molecule has 1 heterocycles. The SMILES string of the molecule is N#CC(=Cc1ccc2ccccc2c1)c1ccncc1. The highest BCUT2D eigenvalue weighted by Gasteiger charge is 2.01. The van der Waals surface area contributed by atoms with E-state index in [1.807, 2.05) is 36.4 Å². The summed E-state index contributed by atoms with van der Waals surface area (Å²) in [7, 11) is 0. The van der Waals surface area contributed by atoms with Crippen LogP contribution < -0.4 is 0 Å². The Morgan fingerprint density at radius 1 is 0.950 bits per heavy atom. The Bertz CT molecular complexity index is 811. The monoisotopic (exact) mass is 256 g/mol. The zero-order valence-corrected chi connectivity index (χ0v) is 10.8. The molecule has 0 amide bonds. The van der Waals surface area contributed by atoms with Crippen LogP contribution in [0.25, 0.3) is 22.4 Å². The summed E-state index contributed by atoms with van der Waals surface area (Å²) in [5.74, 6) is 0. The van der Waals surface area contributed by atoms with Gasteiger partial charge in [0.1, 0.15) is 0 Å². The third kappa shape index (κ3) is 2.43. The summed E-state index contributed by atoms with van der Waals surface area (Å²) in [6.45, 7) is 0. The molecule has 0 aliphatic rings. The molecular formula is C18H12N2. The maximum Gasteiger partial charge on any atom is 0.0998 e. The molecule has 94 valence electrons. The van der Waals surface area contributed by atoms with Crippen molar-refractivity contribution in [1.82, 2.24) is 4.98 Å². The molecule has 0 atom stereocenters. The number of benzene rings is 2. The highest BCUT2D eigenvalue weighted by Crippen LogP contribution is 2.20.